The predicted octanol–water partition coefficient (Wildman–Crippen LogP) is -2.12. The Kier molecular flexibility index (Phi) is 8.81. The molecule has 0 aromatic heterocycles. The summed E-state index contributed by atoms with van der Waals surface area (Å²) in [6.07, 6.45) is -0.113. The lowest BCUT2D eigenvalue weighted by atomic mass is 9.97. The smallest absolute Gasteiger partial charge is 0.328 e. The average Bonchev–Trinajstić information content (AvgIpc) is 2.47. The minimum atomic E-state index is -1.50. The normalized spacial score (nSPS) is 15.8. The SMILES string of the molecule is CC[C@H](C)[C@H](NC(=O)[C@@H](N)CC(=O)O)C(=O)N[C@@H](CO)C(=O)O. The summed E-state index contributed by atoms with van der Waals surface area (Å²) in [5, 5.41) is 30.8. The van der Waals surface area contributed by atoms with Gasteiger partial charge in [0.1, 0.15) is 12.1 Å². The van der Waals surface area contributed by atoms with Gasteiger partial charge in [-0.15, -0.1) is 0 Å². The fourth-order valence-corrected chi connectivity index (χ4v) is 1.69. The summed E-state index contributed by atoms with van der Waals surface area (Å²) in [7, 11) is 0. The molecule has 0 fully saturated rings. The van der Waals surface area contributed by atoms with Crippen molar-refractivity contribution in [1.82, 2.24) is 10.6 Å². The van der Waals surface area contributed by atoms with Gasteiger partial charge in [0.05, 0.1) is 19.1 Å². The van der Waals surface area contributed by atoms with Crippen molar-refractivity contribution in [2.75, 3.05) is 6.61 Å². The molecule has 0 aromatic carbocycles. The lowest BCUT2D eigenvalue weighted by molar-refractivity contribution is -0.144. The summed E-state index contributed by atoms with van der Waals surface area (Å²) in [6, 6.07) is -3.93. The Morgan fingerprint density at radius 3 is 2.04 bits per heavy atom. The van der Waals surface area contributed by atoms with E-state index in [0.29, 0.717) is 6.42 Å². The summed E-state index contributed by atoms with van der Waals surface area (Å²) < 4.78 is 0. The number of rotatable bonds is 10. The van der Waals surface area contributed by atoms with Gasteiger partial charge in [-0.25, -0.2) is 4.79 Å². The van der Waals surface area contributed by atoms with Crippen molar-refractivity contribution in [1.29, 1.82) is 0 Å². The largest absolute Gasteiger partial charge is 0.481 e. The molecule has 0 spiro atoms. The highest BCUT2D eigenvalue weighted by atomic mass is 16.4. The number of nitrogens with two attached hydrogens (primary N) is 1. The zero-order chi connectivity index (χ0) is 18.2. The molecule has 0 heterocycles. The molecule has 0 saturated carbocycles. The molecule has 0 aliphatic heterocycles. The number of carbonyl (C=O) groups excluding carboxylic acids is 2. The maximum atomic E-state index is 12.1. The van der Waals surface area contributed by atoms with E-state index in [2.05, 4.69) is 10.6 Å². The third-order valence-corrected chi connectivity index (χ3v) is 3.32. The summed E-state index contributed by atoms with van der Waals surface area (Å²) in [6.45, 7) is 2.61. The third-order valence-electron chi connectivity index (χ3n) is 3.32. The van der Waals surface area contributed by atoms with Crippen molar-refractivity contribution in [2.45, 2.75) is 44.8 Å². The molecule has 0 saturated heterocycles. The Morgan fingerprint density at radius 1 is 1.09 bits per heavy atom. The van der Waals surface area contributed by atoms with E-state index in [-0.39, 0.29) is 5.92 Å². The van der Waals surface area contributed by atoms with Crippen molar-refractivity contribution in [3.8, 4) is 0 Å². The van der Waals surface area contributed by atoms with Gasteiger partial charge >= 0.3 is 11.9 Å². The topological polar surface area (TPSA) is 179 Å². The van der Waals surface area contributed by atoms with E-state index in [9.17, 15) is 19.2 Å². The summed E-state index contributed by atoms with van der Waals surface area (Å²) in [5.41, 5.74) is 5.43. The number of nitrogens with one attached hydrogen (secondary N) is 2. The van der Waals surface area contributed by atoms with Gasteiger partial charge in [0, 0.05) is 0 Å². The standard InChI is InChI=1S/C13H23N3O7/c1-3-6(2)10(12(21)15-8(5-17)13(22)23)16-11(20)7(14)4-9(18)19/h6-8,10,17H,3-5,14H2,1-2H3,(H,15,21)(H,16,20)(H,18,19)(H,22,23)/t6-,7-,8-,10-/m0/s1. The van der Waals surface area contributed by atoms with E-state index in [1.165, 1.54) is 0 Å². The van der Waals surface area contributed by atoms with Crippen LogP contribution >= 0.6 is 0 Å². The lowest BCUT2D eigenvalue weighted by Gasteiger charge is -2.26. The van der Waals surface area contributed by atoms with Gasteiger partial charge in [0.25, 0.3) is 0 Å². The first kappa shape index (κ1) is 20.8. The number of carboxylic acid groups (broad SMARTS) is 2. The van der Waals surface area contributed by atoms with Crippen LogP contribution in [0.15, 0.2) is 0 Å². The zero-order valence-corrected chi connectivity index (χ0v) is 13.0. The van der Waals surface area contributed by atoms with Crippen LogP contribution in [0.3, 0.4) is 0 Å². The highest BCUT2D eigenvalue weighted by Crippen LogP contribution is 2.09. The van der Waals surface area contributed by atoms with Crippen LogP contribution in [0.2, 0.25) is 0 Å². The number of carbonyl (C=O) groups is 4. The second-order valence-corrected chi connectivity index (χ2v) is 5.16. The number of carboxylic acids is 2. The van der Waals surface area contributed by atoms with E-state index >= 15 is 0 Å². The van der Waals surface area contributed by atoms with Crippen LogP contribution in [-0.4, -0.2) is 63.8 Å². The van der Waals surface area contributed by atoms with Gasteiger partial charge in [0.2, 0.25) is 11.8 Å². The number of hydrogen-bond acceptors (Lipinski definition) is 6. The first-order chi connectivity index (χ1) is 10.6. The van der Waals surface area contributed by atoms with Gasteiger partial charge in [-0.3, -0.25) is 14.4 Å². The molecule has 132 valence electrons. The van der Waals surface area contributed by atoms with Crippen LogP contribution in [0.5, 0.6) is 0 Å². The molecule has 0 bridgehead atoms. The Balaban J connectivity index is 5.00. The van der Waals surface area contributed by atoms with Crippen molar-refractivity contribution in [3.05, 3.63) is 0 Å². The van der Waals surface area contributed by atoms with Gasteiger partial charge < -0.3 is 31.7 Å². The fourth-order valence-electron chi connectivity index (χ4n) is 1.69. The minimum absolute atomic E-state index is 0.357. The molecule has 0 aliphatic carbocycles. The van der Waals surface area contributed by atoms with Gasteiger partial charge in [0.15, 0.2) is 0 Å². The number of amides is 2. The van der Waals surface area contributed by atoms with Crippen LogP contribution in [0, 0.1) is 5.92 Å². The molecule has 2 amide bonds. The highest BCUT2D eigenvalue weighted by molar-refractivity contribution is 5.93. The fraction of sp³-hybridized carbons (Fsp3) is 0.692. The van der Waals surface area contributed by atoms with Crippen LogP contribution < -0.4 is 16.4 Å². The van der Waals surface area contributed by atoms with Crippen molar-refractivity contribution in [2.24, 2.45) is 11.7 Å². The van der Waals surface area contributed by atoms with Crippen LogP contribution in [-0.2, 0) is 19.2 Å². The average molecular weight is 333 g/mol. The van der Waals surface area contributed by atoms with Gasteiger partial charge in [-0.05, 0) is 5.92 Å². The molecule has 0 aromatic rings. The molecular weight excluding hydrogens is 310 g/mol. The lowest BCUT2D eigenvalue weighted by Crippen LogP contribution is -2.57. The summed E-state index contributed by atoms with van der Waals surface area (Å²) >= 11 is 0. The summed E-state index contributed by atoms with van der Waals surface area (Å²) in [5.74, 6) is -4.66. The van der Waals surface area contributed by atoms with Crippen LogP contribution in [0.1, 0.15) is 26.7 Å². The van der Waals surface area contributed by atoms with Gasteiger partial charge in [-0.2, -0.15) is 0 Å². The molecule has 0 rings (SSSR count). The van der Waals surface area contributed by atoms with Crippen molar-refractivity contribution >= 4 is 23.8 Å². The number of aliphatic hydroxyl groups is 1. The molecule has 0 unspecified atom stereocenters. The van der Waals surface area contributed by atoms with Crippen molar-refractivity contribution < 1.29 is 34.5 Å². The molecule has 4 atom stereocenters. The monoisotopic (exact) mass is 333 g/mol. The summed E-state index contributed by atoms with van der Waals surface area (Å²) in [4.78, 5) is 45.4. The number of aliphatic hydroxyl groups excluding tert-OH is 1. The van der Waals surface area contributed by atoms with Gasteiger partial charge in [-0.1, -0.05) is 20.3 Å². The molecule has 23 heavy (non-hydrogen) atoms. The first-order valence-corrected chi connectivity index (χ1v) is 7.05. The zero-order valence-electron chi connectivity index (χ0n) is 13.0. The van der Waals surface area contributed by atoms with Crippen LogP contribution in [0.25, 0.3) is 0 Å². The molecular formula is C13H23N3O7. The van der Waals surface area contributed by atoms with E-state index in [1.807, 2.05) is 0 Å². The van der Waals surface area contributed by atoms with E-state index in [0.717, 1.165) is 0 Å². The first-order valence-electron chi connectivity index (χ1n) is 7.05. The second kappa shape index (κ2) is 9.74. The molecule has 7 N–H and O–H groups in total. The van der Waals surface area contributed by atoms with E-state index in [1.54, 1.807) is 13.8 Å². The molecule has 0 aliphatic rings. The van der Waals surface area contributed by atoms with Crippen molar-refractivity contribution in [3.63, 3.8) is 0 Å². The Bertz CT molecular complexity index is 455. The maximum absolute atomic E-state index is 12.1. The van der Waals surface area contributed by atoms with E-state index < -0.39 is 54.9 Å². The second-order valence-electron chi connectivity index (χ2n) is 5.16. The molecule has 10 heteroatoms. The van der Waals surface area contributed by atoms with E-state index in [4.69, 9.17) is 21.1 Å². The highest BCUT2D eigenvalue weighted by Gasteiger charge is 2.31. The predicted molar refractivity (Wildman–Crippen MR) is 78.3 cm³/mol. The molecule has 10 nitrogen and oxygen atoms in total. The minimum Gasteiger partial charge on any atom is -0.481 e. The number of hydrogen-bond donors (Lipinski definition) is 6. The Hall–Kier alpha value is -2.20. The third kappa shape index (κ3) is 7.06. The number of aliphatic carboxylic acids is 2. The Morgan fingerprint density at radius 2 is 1.65 bits per heavy atom. The Labute approximate surface area is 133 Å². The molecule has 0 radical (unpaired) electrons. The maximum Gasteiger partial charge on any atom is 0.328 e. The quantitative estimate of drug-likeness (QED) is 0.262. The van der Waals surface area contributed by atoms with Crippen LogP contribution in [0.4, 0.5) is 0 Å².